The summed E-state index contributed by atoms with van der Waals surface area (Å²) in [4.78, 5) is 28.0. The molecule has 3 aromatic rings. The third kappa shape index (κ3) is 4.47. The summed E-state index contributed by atoms with van der Waals surface area (Å²) in [5.41, 5.74) is 1.40. The molecule has 9 heteroatoms. The van der Waals surface area contributed by atoms with Crippen molar-refractivity contribution in [2.45, 2.75) is 12.5 Å². The van der Waals surface area contributed by atoms with E-state index in [1.165, 1.54) is 31.4 Å². The predicted molar refractivity (Wildman–Crippen MR) is 130 cm³/mol. The van der Waals surface area contributed by atoms with Gasteiger partial charge in [0.25, 0.3) is 5.91 Å². The largest absolute Gasteiger partial charge is 0.503 e. The van der Waals surface area contributed by atoms with E-state index in [1.54, 1.807) is 44.6 Å². The topological polar surface area (TPSA) is 108 Å². The molecule has 0 radical (unpaired) electrons. The zero-order valence-electron chi connectivity index (χ0n) is 20.4. The minimum atomic E-state index is -0.866. The van der Waals surface area contributed by atoms with Gasteiger partial charge in [0.2, 0.25) is 5.78 Å². The minimum absolute atomic E-state index is 0.0246. The molecule has 0 saturated heterocycles. The van der Waals surface area contributed by atoms with Crippen LogP contribution in [0.3, 0.4) is 0 Å². The van der Waals surface area contributed by atoms with Crippen LogP contribution < -0.4 is 18.9 Å². The second kappa shape index (κ2) is 10.5. The van der Waals surface area contributed by atoms with Crippen molar-refractivity contribution in [3.63, 3.8) is 0 Å². The van der Waals surface area contributed by atoms with E-state index in [2.05, 4.69) is 0 Å². The van der Waals surface area contributed by atoms with Crippen molar-refractivity contribution in [2.24, 2.45) is 0 Å². The van der Waals surface area contributed by atoms with Gasteiger partial charge in [-0.05, 0) is 53.9 Å². The SMILES string of the molecule is COc1ccc(CCN2C(=O)C(O)=C(C(=O)c3ccco3)[C@@H]2c2ccc(OC)c(OC)c2)cc1OC. The maximum absolute atomic E-state index is 13.3. The van der Waals surface area contributed by atoms with E-state index in [9.17, 15) is 14.7 Å². The average Bonchev–Trinajstić information content (AvgIpc) is 3.54. The van der Waals surface area contributed by atoms with Crippen LogP contribution in [0.1, 0.15) is 27.7 Å². The highest BCUT2D eigenvalue weighted by atomic mass is 16.5. The number of amides is 1. The molecular formula is C27H27NO8. The fourth-order valence-electron chi connectivity index (χ4n) is 4.31. The highest BCUT2D eigenvalue weighted by molar-refractivity contribution is 6.15. The van der Waals surface area contributed by atoms with E-state index in [0.29, 0.717) is 35.0 Å². The maximum atomic E-state index is 13.3. The monoisotopic (exact) mass is 493 g/mol. The molecule has 1 N–H and O–H groups in total. The molecule has 0 bridgehead atoms. The third-order valence-electron chi connectivity index (χ3n) is 6.11. The van der Waals surface area contributed by atoms with Crippen LogP contribution in [0.2, 0.25) is 0 Å². The van der Waals surface area contributed by atoms with Gasteiger partial charge in [-0.2, -0.15) is 0 Å². The summed E-state index contributed by atoms with van der Waals surface area (Å²) in [7, 11) is 6.12. The number of rotatable bonds is 10. The zero-order valence-corrected chi connectivity index (χ0v) is 20.4. The Kier molecular flexibility index (Phi) is 7.19. The first-order valence-electron chi connectivity index (χ1n) is 11.2. The lowest BCUT2D eigenvalue weighted by Gasteiger charge is -2.27. The summed E-state index contributed by atoms with van der Waals surface area (Å²) >= 11 is 0. The van der Waals surface area contributed by atoms with Gasteiger partial charge in [0.05, 0.1) is 46.3 Å². The molecule has 0 spiro atoms. The predicted octanol–water partition coefficient (Wildman–Crippen LogP) is 4.14. The number of carbonyl (C=O) groups is 2. The normalized spacial score (nSPS) is 15.3. The van der Waals surface area contributed by atoms with Crippen molar-refractivity contribution in [3.05, 3.63) is 83.0 Å². The number of ether oxygens (including phenoxy) is 4. The van der Waals surface area contributed by atoms with Gasteiger partial charge in [0, 0.05) is 6.54 Å². The van der Waals surface area contributed by atoms with Gasteiger partial charge in [0.15, 0.2) is 34.5 Å². The second-order valence-corrected chi connectivity index (χ2v) is 8.02. The van der Waals surface area contributed by atoms with Gasteiger partial charge in [-0.15, -0.1) is 0 Å². The lowest BCUT2D eigenvalue weighted by Crippen LogP contribution is -2.33. The Balaban J connectivity index is 1.72. The molecule has 9 nitrogen and oxygen atoms in total. The summed E-state index contributed by atoms with van der Waals surface area (Å²) in [6.07, 6.45) is 1.80. The average molecular weight is 494 g/mol. The molecular weight excluding hydrogens is 466 g/mol. The van der Waals surface area contributed by atoms with Crippen LogP contribution in [-0.4, -0.2) is 56.7 Å². The van der Waals surface area contributed by atoms with Crippen LogP contribution in [0.15, 0.2) is 70.5 Å². The van der Waals surface area contributed by atoms with Gasteiger partial charge >= 0.3 is 0 Å². The van der Waals surface area contributed by atoms with Crippen LogP contribution in [0, 0.1) is 0 Å². The number of ketones is 1. The van der Waals surface area contributed by atoms with Gasteiger partial charge in [-0.3, -0.25) is 9.59 Å². The second-order valence-electron chi connectivity index (χ2n) is 8.02. The number of nitrogens with zero attached hydrogens (tertiary/aromatic N) is 1. The Morgan fingerprint density at radius 1 is 0.917 bits per heavy atom. The van der Waals surface area contributed by atoms with Crippen molar-refractivity contribution in [1.82, 2.24) is 4.90 Å². The summed E-state index contributed by atoms with van der Waals surface area (Å²) < 4.78 is 26.7. The van der Waals surface area contributed by atoms with E-state index in [1.807, 2.05) is 12.1 Å². The number of carbonyl (C=O) groups excluding carboxylic acids is 2. The highest BCUT2D eigenvalue weighted by Gasteiger charge is 2.44. The Labute approximate surface area is 208 Å². The van der Waals surface area contributed by atoms with Crippen LogP contribution >= 0.6 is 0 Å². The van der Waals surface area contributed by atoms with Crippen molar-refractivity contribution < 1.29 is 38.1 Å². The summed E-state index contributed by atoms with van der Waals surface area (Å²) in [5, 5.41) is 10.8. The fraction of sp³-hybridized carbons (Fsp3) is 0.259. The van der Waals surface area contributed by atoms with Crippen LogP contribution in [0.5, 0.6) is 23.0 Å². The molecule has 4 rings (SSSR count). The Morgan fingerprint density at radius 2 is 1.56 bits per heavy atom. The van der Waals surface area contributed by atoms with Crippen LogP contribution in [-0.2, 0) is 11.2 Å². The number of Topliss-reactive ketones (excluding diaryl/α,β-unsaturated/α-hetero) is 1. The van der Waals surface area contributed by atoms with Crippen LogP contribution in [0.25, 0.3) is 0 Å². The number of hydrogen-bond acceptors (Lipinski definition) is 8. The smallest absolute Gasteiger partial charge is 0.290 e. The molecule has 0 aliphatic carbocycles. The van der Waals surface area contributed by atoms with E-state index in [0.717, 1.165) is 5.56 Å². The van der Waals surface area contributed by atoms with E-state index < -0.39 is 23.5 Å². The highest BCUT2D eigenvalue weighted by Crippen LogP contribution is 2.42. The van der Waals surface area contributed by atoms with E-state index >= 15 is 0 Å². The van der Waals surface area contributed by atoms with Crippen molar-refractivity contribution in [1.29, 1.82) is 0 Å². The first kappa shape index (κ1) is 24.7. The Bertz CT molecular complexity index is 1300. The molecule has 188 valence electrons. The molecule has 1 aliphatic heterocycles. The summed E-state index contributed by atoms with van der Waals surface area (Å²) in [6.45, 7) is 0.215. The first-order chi connectivity index (χ1) is 17.4. The Morgan fingerprint density at radius 3 is 2.17 bits per heavy atom. The quantitative estimate of drug-likeness (QED) is 0.420. The summed E-state index contributed by atoms with van der Waals surface area (Å²) in [6, 6.07) is 12.8. The molecule has 2 heterocycles. The standard InChI is InChI=1S/C27H27NO8/c1-32-18-9-7-16(14-21(18)34-3)11-12-28-24(17-8-10-19(33-2)22(15-17)35-4)23(26(30)27(28)31)25(29)20-6-5-13-36-20/h5-10,13-15,24,30H,11-12H2,1-4H3/t24-/m0/s1. The molecule has 1 aliphatic rings. The van der Waals surface area contributed by atoms with Gasteiger partial charge in [0.1, 0.15) is 0 Å². The van der Waals surface area contributed by atoms with Gasteiger partial charge in [-0.25, -0.2) is 0 Å². The number of benzene rings is 2. The van der Waals surface area contributed by atoms with Crippen molar-refractivity contribution >= 4 is 11.7 Å². The Hall–Kier alpha value is -4.40. The molecule has 1 amide bonds. The number of furan rings is 1. The van der Waals surface area contributed by atoms with E-state index in [4.69, 9.17) is 23.4 Å². The zero-order chi connectivity index (χ0) is 25.8. The van der Waals surface area contributed by atoms with Crippen LogP contribution in [0.4, 0.5) is 0 Å². The number of aliphatic hydroxyl groups is 1. The number of hydrogen-bond donors (Lipinski definition) is 1. The lowest BCUT2D eigenvalue weighted by molar-refractivity contribution is -0.129. The third-order valence-corrected chi connectivity index (χ3v) is 6.11. The van der Waals surface area contributed by atoms with E-state index in [-0.39, 0.29) is 17.9 Å². The van der Waals surface area contributed by atoms with Crippen molar-refractivity contribution in [2.75, 3.05) is 35.0 Å². The van der Waals surface area contributed by atoms with Crippen molar-refractivity contribution in [3.8, 4) is 23.0 Å². The number of methoxy groups -OCH3 is 4. The van der Waals surface area contributed by atoms with Gasteiger partial charge in [-0.1, -0.05) is 12.1 Å². The summed E-state index contributed by atoms with van der Waals surface area (Å²) in [5.74, 6) is 0.277. The van der Waals surface area contributed by atoms with Gasteiger partial charge < -0.3 is 33.4 Å². The number of aliphatic hydroxyl groups excluding tert-OH is 1. The molecule has 1 aromatic heterocycles. The molecule has 1 atom stereocenters. The molecule has 0 fully saturated rings. The molecule has 36 heavy (non-hydrogen) atoms. The first-order valence-corrected chi connectivity index (χ1v) is 11.2. The molecule has 0 unspecified atom stereocenters. The minimum Gasteiger partial charge on any atom is -0.503 e. The fourth-order valence-corrected chi connectivity index (χ4v) is 4.31. The molecule has 2 aromatic carbocycles. The maximum Gasteiger partial charge on any atom is 0.290 e. The lowest BCUT2D eigenvalue weighted by atomic mass is 9.94. The molecule has 0 saturated carbocycles.